The standard InChI is InChI=1S/C11H18O3/c1-3-4-9-5-10(8(2)7-12)14-11(13)6-9/h3,8-10,12H,1,4-7H2,2H3/t8-,9-,10-/m1/s1. The predicted octanol–water partition coefficient (Wildman–Crippen LogP) is 1.51. The SMILES string of the molecule is C=CC[C@H]1CC(=O)O[C@@H]([C@H](C)CO)C1. The summed E-state index contributed by atoms with van der Waals surface area (Å²) in [4.78, 5) is 11.2. The first-order chi connectivity index (χ1) is 6.67. The molecule has 0 amide bonds. The number of carbonyl (C=O) groups is 1. The quantitative estimate of drug-likeness (QED) is 0.550. The summed E-state index contributed by atoms with van der Waals surface area (Å²) in [5.74, 6) is 0.229. The van der Waals surface area contributed by atoms with Gasteiger partial charge in [-0.2, -0.15) is 0 Å². The number of rotatable bonds is 4. The average Bonchev–Trinajstić information content (AvgIpc) is 2.16. The predicted molar refractivity (Wildman–Crippen MR) is 53.7 cm³/mol. The molecule has 0 aliphatic carbocycles. The van der Waals surface area contributed by atoms with Crippen molar-refractivity contribution in [2.45, 2.75) is 32.3 Å². The molecule has 1 aliphatic heterocycles. The van der Waals surface area contributed by atoms with Crippen LogP contribution in [0.25, 0.3) is 0 Å². The first-order valence-corrected chi connectivity index (χ1v) is 5.08. The van der Waals surface area contributed by atoms with Gasteiger partial charge in [0.15, 0.2) is 0 Å². The van der Waals surface area contributed by atoms with E-state index in [4.69, 9.17) is 9.84 Å². The van der Waals surface area contributed by atoms with Gasteiger partial charge in [0.25, 0.3) is 0 Å². The molecule has 0 radical (unpaired) electrons. The lowest BCUT2D eigenvalue weighted by atomic mass is 9.87. The normalized spacial score (nSPS) is 29.4. The number of allylic oxidation sites excluding steroid dienone is 1. The summed E-state index contributed by atoms with van der Waals surface area (Å²) in [5, 5.41) is 8.98. The van der Waals surface area contributed by atoms with Gasteiger partial charge in [-0.3, -0.25) is 4.79 Å². The van der Waals surface area contributed by atoms with Gasteiger partial charge in [-0.25, -0.2) is 0 Å². The van der Waals surface area contributed by atoms with Crippen LogP contribution >= 0.6 is 0 Å². The molecular weight excluding hydrogens is 180 g/mol. The molecule has 0 spiro atoms. The second-order valence-corrected chi connectivity index (χ2v) is 4.02. The molecule has 1 rings (SSSR count). The van der Waals surface area contributed by atoms with E-state index in [-0.39, 0.29) is 24.6 Å². The molecule has 1 saturated heterocycles. The van der Waals surface area contributed by atoms with Crippen molar-refractivity contribution in [1.82, 2.24) is 0 Å². The van der Waals surface area contributed by atoms with Crippen molar-refractivity contribution >= 4 is 5.97 Å². The fourth-order valence-electron chi connectivity index (χ4n) is 1.79. The van der Waals surface area contributed by atoms with Crippen molar-refractivity contribution < 1.29 is 14.6 Å². The van der Waals surface area contributed by atoms with Gasteiger partial charge < -0.3 is 9.84 Å². The highest BCUT2D eigenvalue weighted by Crippen LogP contribution is 2.28. The van der Waals surface area contributed by atoms with E-state index in [2.05, 4.69) is 6.58 Å². The molecule has 80 valence electrons. The lowest BCUT2D eigenvalue weighted by molar-refractivity contribution is -0.161. The highest BCUT2D eigenvalue weighted by Gasteiger charge is 2.30. The zero-order chi connectivity index (χ0) is 10.6. The minimum atomic E-state index is -0.145. The Labute approximate surface area is 84.8 Å². The molecule has 1 aliphatic rings. The second kappa shape index (κ2) is 5.15. The molecule has 3 atom stereocenters. The molecule has 0 bridgehead atoms. The van der Waals surface area contributed by atoms with Crippen LogP contribution in [0.4, 0.5) is 0 Å². The number of esters is 1. The Hall–Kier alpha value is -0.830. The fourth-order valence-corrected chi connectivity index (χ4v) is 1.79. The Balaban J connectivity index is 2.53. The molecule has 14 heavy (non-hydrogen) atoms. The summed E-state index contributed by atoms with van der Waals surface area (Å²) in [7, 11) is 0. The largest absolute Gasteiger partial charge is 0.462 e. The van der Waals surface area contributed by atoms with Gasteiger partial charge >= 0.3 is 5.97 Å². The Kier molecular flexibility index (Phi) is 4.14. The summed E-state index contributed by atoms with van der Waals surface area (Å²) >= 11 is 0. The van der Waals surface area contributed by atoms with Crippen LogP contribution in [-0.2, 0) is 9.53 Å². The number of hydrogen-bond acceptors (Lipinski definition) is 3. The molecular formula is C11H18O3. The van der Waals surface area contributed by atoms with Crippen LogP contribution in [0.2, 0.25) is 0 Å². The molecule has 3 heteroatoms. The molecule has 1 fully saturated rings. The lowest BCUT2D eigenvalue weighted by Gasteiger charge is -2.31. The number of carbonyl (C=O) groups excluding carboxylic acids is 1. The van der Waals surface area contributed by atoms with E-state index in [1.165, 1.54) is 0 Å². The number of cyclic esters (lactones) is 1. The highest BCUT2D eigenvalue weighted by molar-refractivity contribution is 5.70. The van der Waals surface area contributed by atoms with E-state index in [1.807, 2.05) is 13.0 Å². The minimum Gasteiger partial charge on any atom is -0.462 e. The zero-order valence-corrected chi connectivity index (χ0v) is 8.61. The molecule has 1 heterocycles. The van der Waals surface area contributed by atoms with Crippen LogP contribution < -0.4 is 0 Å². The van der Waals surface area contributed by atoms with E-state index in [0.717, 1.165) is 12.8 Å². The number of hydrogen-bond donors (Lipinski definition) is 1. The molecule has 0 saturated carbocycles. The topological polar surface area (TPSA) is 46.5 Å². The van der Waals surface area contributed by atoms with Crippen LogP contribution in [0.5, 0.6) is 0 Å². The second-order valence-electron chi connectivity index (χ2n) is 4.02. The molecule has 1 N–H and O–H groups in total. The maximum absolute atomic E-state index is 11.2. The van der Waals surface area contributed by atoms with Crippen molar-refractivity contribution in [2.75, 3.05) is 6.61 Å². The van der Waals surface area contributed by atoms with E-state index in [1.54, 1.807) is 0 Å². The van der Waals surface area contributed by atoms with Crippen molar-refractivity contribution in [3.05, 3.63) is 12.7 Å². The molecule has 0 unspecified atom stereocenters. The third-order valence-electron chi connectivity index (χ3n) is 2.73. The third kappa shape index (κ3) is 2.84. The van der Waals surface area contributed by atoms with Crippen LogP contribution in [-0.4, -0.2) is 23.8 Å². The summed E-state index contributed by atoms with van der Waals surface area (Å²) in [5.41, 5.74) is 0. The van der Waals surface area contributed by atoms with Gasteiger partial charge in [0.1, 0.15) is 6.10 Å². The third-order valence-corrected chi connectivity index (χ3v) is 2.73. The Morgan fingerprint density at radius 3 is 3.07 bits per heavy atom. The van der Waals surface area contributed by atoms with Gasteiger partial charge in [-0.1, -0.05) is 13.0 Å². The number of aliphatic hydroxyl groups excluding tert-OH is 1. The van der Waals surface area contributed by atoms with Gasteiger partial charge in [-0.05, 0) is 18.8 Å². The van der Waals surface area contributed by atoms with Crippen LogP contribution in [0, 0.1) is 11.8 Å². The summed E-state index contributed by atoms with van der Waals surface area (Å²) in [6.07, 6.45) is 3.90. The maximum Gasteiger partial charge on any atom is 0.306 e. The summed E-state index contributed by atoms with van der Waals surface area (Å²) < 4.78 is 5.18. The smallest absolute Gasteiger partial charge is 0.306 e. The van der Waals surface area contributed by atoms with Gasteiger partial charge in [-0.15, -0.1) is 6.58 Å². The van der Waals surface area contributed by atoms with Crippen LogP contribution in [0.1, 0.15) is 26.2 Å². The van der Waals surface area contributed by atoms with Crippen LogP contribution in [0.3, 0.4) is 0 Å². The van der Waals surface area contributed by atoms with E-state index < -0.39 is 0 Å². The first kappa shape index (κ1) is 11.2. The van der Waals surface area contributed by atoms with Crippen molar-refractivity contribution in [3.63, 3.8) is 0 Å². The number of ether oxygens (including phenoxy) is 1. The molecule has 3 nitrogen and oxygen atoms in total. The van der Waals surface area contributed by atoms with E-state index in [0.29, 0.717) is 12.3 Å². The Morgan fingerprint density at radius 2 is 2.50 bits per heavy atom. The lowest BCUT2D eigenvalue weighted by Crippen LogP contribution is -2.35. The molecule has 0 aromatic rings. The minimum absolute atomic E-state index is 0.0339. The van der Waals surface area contributed by atoms with E-state index >= 15 is 0 Å². The Bertz CT molecular complexity index is 213. The monoisotopic (exact) mass is 198 g/mol. The van der Waals surface area contributed by atoms with Crippen molar-refractivity contribution in [3.8, 4) is 0 Å². The molecule has 0 aromatic carbocycles. The average molecular weight is 198 g/mol. The molecule has 0 aromatic heterocycles. The summed E-state index contributed by atoms with van der Waals surface area (Å²) in [6, 6.07) is 0. The Morgan fingerprint density at radius 1 is 1.79 bits per heavy atom. The highest BCUT2D eigenvalue weighted by atomic mass is 16.5. The first-order valence-electron chi connectivity index (χ1n) is 5.08. The van der Waals surface area contributed by atoms with Gasteiger partial charge in [0.05, 0.1) is 0 Å². The summed E-state index contributed by atoms with van der Waals surface area (Å²) in [6.45, 7) is 5.63. The number of aliphatic hydroxyl groups is 1. The van der Waals surface area contributed by atoms with Crippen molar-refractivity contribution in [1.29, 1.82) is 0 Å². The van der Waals surface area contributed by atoms with E-state index in [9.17, 15) is 4.79 Å². The van der Waals surface area contributed by atoms with Gasteiger partial charge in [0.2, 0.25) is 0 Å². The fraction of sp³-hybridized carbons (Fsp3) is 0.727. The van der Waals surface area contributed by atoms with Crippen molar-refractivity contribution in [2.24, 2.45) is 11.8 Å². The zero-order valence-electron chi connectivity index (χ0n) is 8.61. The van der Waals surface area contributed by atoms with Crippen LogP contribution in [0.15, 0.2) is 12.7 Å². The van der Waals surface area contributed by atoms with Gasteiger partial charge in [0, 0.05) is 18.9 Å². The maximum atomic E-state index is 11.2.